The molecule has 6 nitrogen and oxygen atoms in total. The van der Waals surface area contributed by atoms with E-state index in [1.54, 1.807) is 24.4 Å². The van der Waals surface area contributed by atoms with Crippen molar-refractivity contribution >= 4 is 28.2 Å². The largest absolute Gasteiger partial charge is 0.455 e. The number of carbonyl (C=O) groups excluding carboxylic acids is 1. The molecule has 6 heteroatoms. The predicted molar refractivity (Wildman–Crippen MR) is 95.8 cm³/mol. The normalized spacial score (nSPS) is 12.0. The number of furan rings is 1. The molecule has 124 valence electrons. The van der Waals surface area contributed by atoms with Crippen molar-refractivity contribution in [3.05, 3.63) is 71.9 Å². The average Bonchev–Trinajstić information content (AvgIpc) is 3.19. The van der Waals surface area contributed by atoms with Gasteiger partial charge in [0.25, 0.3) is 5.91 Å². The van der Waals surface area contributed by atoms with Crippen molar-refractivity contribution < 1.29 is 9.21 Å². The van der Waals surface area contributed by atoms with Crippen molar-refractivity contribution in [1.82, 2.24) is 14.8 Å². The molecule has 1 aromatic carbocycles. The quantitative estimate of drug-likeness (QED) is 0.461. The van der Waals surface area contributed by atoms with Crippen LogP contribution in [0.3, 0.4) is 0 Å². The van der Waals surface area contributed by atoms with Crippen LogP contribution in [-0.4, -0.2) is 21.0 Å². The Bertz CT molecular complexity index is 1090. The van der Waals surface area contributed by atoms with Crippen LogP contribution in [0.2, 0.25) is 0 Å². The maximum Gasteiger partial charge on any atom is 0.290 e. The zero-order chi connectivity index (χ0) is 17.4. The molecule has 0 bridgehead atoms. The molecule has 0 aliphatic heterocycles. The number of benzene rings is 1. The van der Waals surface area contributed by atoms with E-state index >= 15 is 0 Å². The lowest BCUT2D eigenvalue weighted by Crippen LogP contribution is -2.21. The van der Waals surface area contributed by atoms with E-state index in [-0.39, 0.29) is 5.91 Å². The van der Waals surface area contributed by atoms with Crippen LogP contribution in [0.4, 0.5) is 0 Å². The maximum atomic E-state index is 12.5. The number of imidazole rings is 1. The summed E-state index contributed by atoms with van der Waals surface area (Å²) in [5.41, 5.74) is 5.82. The Kier molecular flexibility index (Phi) is 3.57. The highest BCUT2D eigenvalue weighted by molar-refractivity contribution is 6.01. The molecule has 1 N–H and O–H groups in total. The van der Waals surface area contributed by atoms with E-state index in [0.717, 1.165) is 16.6 Å². The molecule has 3 heterocycles. The van der Waals surface area contributed by atoms with Gasteiger partial charge in [-0.15, -0.1) is 0 Å². The Hall–Kier alpha value is -3.41. The average molecular weight is 332 g/mol. The van der Waals surface area contributed by atoms with Crippen molar-refractivity contribution in [3.8, 4) is 0 Å². The first-order chi connectivity index (χ1) is 12.1. The second-order valence-corrected chi connectivity index (χ2v) is 5.76. The summed E-state index contributed by atoms with van der Waals surface area (Å²) in [5, 5.41) is 5.17. The summed E-state index contributed by atoms with van der Waals surface area (Å²) in [5.74, 6) is 0.308. The topological polar surface area (TPSA) is 71.9 Å². The Morgan fingerprint density at radius 3 is 2.84 bits per heavy atom. The van der Waals surface area contributed by atoms with Crippen molar-refractivity contribution in [2.24, 2.45) is 5.10 Å². The maximum absolute atomic E-state index is 12.5. The molecule has 1 amide bonds. The number of aromatic nitrogens is 2. The van der Waals surface area contributed by atoms with Gasteiger partial charge in [-0.1, -0.05) is 24.3 Å². The number of nitrogens with zero attached hydrogens (tertiary/aromatic N) is 3. The molecular formula is C19H16N4O2. The van der Waals surface area contributed by atoms with Gasteiger partial charge in [0.2, 0.25) is 0 Å². The first-order valence-corrected chi connectivity index (χ1v) is 7.91. The molecule has 0 aliphatic carbocycles. The lowest BCUT2D eigenvalue weighted by molar-refractivity contribution is 0.0948. The SMILES string of the molecule is C/C(=N/NC(=O)c1c(C)nc2ccccn12)c1cc2ccccc2o1. The highest BCUT2D eigenvalue weighted by Gasteiger charge is 2.16. The van der Waals surface area contributed by atoms with E-state index in [0.29, 0.717) is 22.9 Å². The van der Waals surface area contributed by atoms with E-state index in [4.69, 9.17) is 4.42 Å². The molecule has 25 heavy (non-hydrogen) atoms. The minimum atomic E-state index is -0.313. The fourth-order valence-corrected chi connectivity index (χ4v) is 2.79. The standard InChI is InChI=1S/C19H16N4O2/c1-12(16-11-14-7-3-4-8-15(14)25-16)21-22-19(24)18-13(2)20-17-9-5-6-10-23(17)18/h3-11H,1-2H3,(H,22,24)/b21-12-. The minimum absolute atomic E-state index is 0.313. The van der Waals surface area contributed by atoms with E-state index in [1.807, 2.05) is 48.5 Å². The summed E-state index contributed by atoms with van der Waals surface area (Å²) >= 11 is 0. The second-order valence-electron chi connectivity index (χ2n) is 5.76. The lowest BCUT2D eigenvalue weighted by Gasteiger charge is -2.02. The number of nitrogens with one attached hydrogen (secondary N) is 1. The molecule has 0 saturated carbocycles. The number of amides is 1. The summed E-state index contributed by atoms with van der Waals surface area (Å²) in [4.78, 5) is 16.9. The van der Waals surface area contributed by atoms with Gasteiger partial charge in [-0.3, -0.25) is 9.20 Å². The number of para-hydroxylation sites is 1. The van der Waals surface area contributed by atoms with E-state index in [1.165, 1.54) is 0 Å². The van der Waals surface area contributed by atoms with Gasteiger partial charge in [0, 0.05) is 11.6 Å². The molecule has 4 aromatic rings. The molecule has 0 spiro atoms. The van der Waals surface area contributed by atoms with Gasteiger partial charge in [-0.2, -0.15) is 5.10 Å². The van der Waals surface area contributed by atoms with Gasteiger partial charge < -0.3 is 4.42 Å². The smallest absolute Gasteiger partial charge is 0.290 e. The Labute approximate surface area is 143 Å². The summed E-state index contributed by atoms with van der Waals surface area (Å²) in [7, 11) is 0. The summed E-state index contributed by atoms with van der Waals surface area (Å²) in [6.07, 6.45) is 1.81. The van der Waals surface area contributed by atoms with Gasteiger partial charge in [-0.25, -0.2) is 10.4 Å². The number of hydrogen-bond donors (Lipinski definition) is 1. The van der Waals surface area contributed by atoms with Crippen molar-refractivity contribution in [1.29, 1.82) is 0 Å². The number of hydrazone groups is 1. The van der Waals surface area contributed by atoms with Gasteiger partial charge in [-0.05, 0) is 38.1 Å². The fourth-order valence-electron chi connectivity index (χ4n) is 2.79. The Morgan fingerprint density at radius 1 is 1.20 bits per heavy atom. The first kappa shape index (κ1) is 15.1. The number of rotatable bonds is 3. The highest BCUT2D eigenvalue weighted by Crippen LogP contribution is 2.19. The fraction of sp³-hybridized carbons (Fsp3) is 0.105. The van der Waals surface area contributed by atoms with E-state index < -0.39 is 0 Å². The van der Waals surface area contributed by atoms with Crippen LogP contribution in [-0.2, 0) is 0 Å². The van der Waals surface area contributed by atoms with Crippen LogP contribution in [0.15, 0.2) is 64.2 Å². The van der Waals surface area contributed by atoms with Crippen LogP contribution in [0, 0.1) is 6.92 Å². The molecule has 4 rings (SSSR count). The summed E-state index contributed by atoms with van der Waals surface area (Å²) in [6.45, 7) is 3.59. The van der Waals surface area contributed by atoms with Gasteiger partial charge in [0.1, 0.15) is 22.6 Å². The number of pyridine rings is 1. The third kappa shape index (κ3) is 2.67. The van der Waals surface area contributed by atoms with Crippen LogP contribution < -0.4 is 5.43 Å². The summed E-state index contributed by atoms with van der Waals surface area (Å²) < 4.78 is 7.49. The van der Waals surface area contributed by atoms with Gasteiger partial charge in [0.15, 0.2) is 5.76 Å². The van der Waals surface area contributed by atoms with Crippen molar-refractivity contribution in [2.75, 3.05) is 0 Å². The zero-order valence-electron chi connectivity index (χ0n) is 13.9. The van der Waals surface area contributed by atoms with Crippen LogP contribution in [0.5, 0.6) is 0 Å². The van der Waals surface area contributed by atoms with Crippen LogP contribution >= 0.6 is 0 Å². The highest BCUT2D eigenvalue weighted by atomic mass is 16.3. The van der Waals surface area contributed by atoms with Gasteiger partial charge >= 0.3 is 0 Å². The number of aryl methyl sites for hydroxylation is 1. The van der Waals surface area contributed by atoms with Crippen molar-refractivity contribution in [3.63, 3.8) is 0 Å². The predicted octanol–water partition coefficient (Wildman–Crippen LogP) is 3.54. The molecular weight excluding hydrogens is 316 g/mol. The van der Waals surface area contributed by atoms with E-state index in [2.05, 4.69) is 15.5 Å². The molecule has 0 aliphatic rings. The van der Waals surface area contributed by atoms with E-state index in [9.17, 15) is 4.79 Å². The molecule has 0 unspecified atom stereocenters. The number of fused-ring (bicyclic) bond motifs is 2. The third-order valence-electron chi connectivity index (χ3n) is 4.03. The van der Waals surface area contributed by atoms with Gasteiger partial charge in [0.05, 0.1) is 5.69 Å². The molecule has 0 atom stereocenters. The number of hydrogen-bond acceptors (Lipinski definition) is 4. The monoisotopic (exact) mass is 332 g/mol. The third-order valence-corrected chi connectivity index (χ3v) is 4.03. The number of carbonyl (C=O) groups is 1. The summed E-state index contributed by atoms with van der Waals surface area (Å²) in [6, 6.07) is 15.2. The minimum Gasteiger partial charge on any atom is -0.455 e. The first-order valence-electron chi connectivity index (χ1n) is 7.91. The molecule has 0 radical (unpaired) electrons. The van der Waals surface area contributed by atoms with Crippen LogP contribution in [0.25, 0.3) is 16.6 Å². The Morgan fingerprint density at radius 2 is 2.00 bits per heavy atom. The molecule has 0 fully saturated rings. The van der Waals surface area contributed by atoms with Crippen LogP contribution in [0.1, 0.15) is 28.9 Å². The molecule has 0 saturated heterocycles. The Balaban J connectivity index is 1.61. The second kappa shape index (κ2) is 5.90. The molecule has 3 aromatic heterocycles. The lowest BCUT2D eigenvalue weighted by atomic mass is 10.2. The zero-order valence-corrected chi connectivity index (χ0v) is 13.9. The van der Waals surface area contributed by atoms with Crippen molar-refractivity contribution in [2.45, 2.75) is 13.8 Å².